The predicted octanol–water partition coefficient (Wildman–Crippen LogP) is 5.19. The topological polar surface area (TPSA) is 42.2 Å². The van der Waals surface area contributed by atoms with E-state index in [1.54, 1.807) is 6.07 Å². The number of para-hydroxylation sites is 1. The largest absolute Gasteiger partial charge is 0.453 e. The molecule has 0 saturated carbocycles. The summed E-state index contributed by atoms with van der Waals surface area (Å²) < 4.78 is 6.64. The number of benzene rings is 2. The zero-order valence-corrected chi connectivity index (χ0v) is 13.8. The Bertz CT molecular complexity index is 790. The fourth-order valence-electron chi connectivity index (χ4n) is 2.27. The van der Waals surface area contributed by atoms with Gasteiger partial charge in [0.2, 0.25) is 0 Å². The SMILES string of the molecule is Cc1ccc(NCCC(=O)c2cc3ccccc3o2)cc1Br. The van der Waals surface area contributed by atoms with E-state index in [0.29, 0.717) is 18.7 Å². The molecule has 3 nitrogen and oxygen atoms in total. The predicted molar refractivity (Wildman–Crippen MR) is 92.5 cm³/mol. The van der Waals surface area contributed by atoms with Gasteiger partial charge in [-0.3, -0.25) is 4.79 Å². The van der Waals surface area contributed by atoms with Gasteiger partial charge in [-0.25, -0.2) is 0 Å². The van der Waals surface area contributed by atoms with E-state index in [2.05, 4.69) is 21.2 Å². The molecule has 0 aliphatic heterocycles. The molecule has 0 bridgehead atoms. The summed E-state index contributed by atoms with van der Waals surface area (Å²) in [6, 6.07) is 15.5. The van der Waals surface area contributed by atoms with E-state index in [1.807, 2.05) is 49.4 Å². The lowest BCUT2D eigenvalue weighted by Gasteiger charge is -2.07. The lowest BCUT2D eigenvalue weighted by Crippen LogP contribution is -2.08. The van der Waals surface area contributed by atoms with Gasteiger partial charge in [0.1, 0.15) is 5.58 Å². The molecule has 112 valence electrons. The number of rotatable bonds is 5. The standard InChI is InChI=1S/C18H16BrNO2/c1-12-6-7-14(11-15(12)19)20-9-8-16(21)18-10-13-4-2-3-5-17(13)22-18/h2-7,10-11,20H,8-9H2,1H3. The number of hydrogen-bond donors (Lipinski definition) is 1. The van der Waals surface area contributed by atoms with Gasteiger partial charge >= 0.3 is 0 Å². The van der Waals surface area contributed by atoms with E-state index in [-0.39, 0.29) is 5.78 Å². The number of anilines is 1. The fraction of sp³-hybridized carbons (Fsp3) is 0.167. The van der Waals surface area contributed by atoms with E-state index in [1.165, 1.54) is 5.56 Å². The number of carbonyl (C=O) groups is 1. The molecule has 1 heterocycles. The van der Waals surface area contributed by atoms with Crippen molar-refractivity contribution in [2.24, 2.45) is 0 Å². The Hall–Kier alpha value is -2.07. The second-order valence-electron chi connectivity index (χ2n) is 5.21. The third-order valence-electron chi connectivity index (χ3n) is 3.55. The first-order valence-electron chi connectivity index (χ1n) is 7.15. The van der Waals surface area contributed by atoms with Gasteiger partial charge in [0.25, 0.3) is 0 Å². The number of fused-ring (bicyclic) bond motifs is 1. The highest BCUT2D eigenvalue weighted by Gasteiger charge is 2.11. The van der Waals surface area contributed by atoms with Crippen LogP contribution in [0, 0.1) is 6.92 Å². The van der Waals surface area contributed by atoms with E-state index in [4.69, 9.17) is 4.42 Å². The summed E-state index contributed by atoms with van der Waals surface area (Å²) in [6.45, 7) is 2.62. The molecule has 0 unspecified atom stereocenters. The van der Waals surface area contributed by atoms with Crippen molar-refractivity contribution in [2.45, 2.75) is 13.3 Å². The summed E-state index contributed by atoms with van der Waals surface area (Å²) in [5, 5.41) is 4.21. The molecule has 0 amide bonds. The first-order valence-corrected chi connectivity index (χ1v) is 7.94. The molecule has 0 atom stereocenters. The molecular weight excluding hydrogens is 342 g/mol. The number of nitrogens with one attached hydrogen (secondary N) is 1. The zero-order valence-electron chi connectivity index (χ0n) is 12.2. The van der Waals surface area contributed by atoms with Crippen LogP contribution < -0.4 is 5.32 Å². The highest BCUT2D eigenvalue weighted by molar-refractivity contribution is 9.10. The summed E-state index contributed by atoms with van der Waals surface area (Å²) in [5.74, 6) is 0.433. The van der Waals surface area contributed by atoms with Crippen LogP contribution in [0.3, 0.4) is 0 Å². The van der Waals surface area contributed by atoms with Gasteiger partial charge in [-0.05, 0) is 36.8 Å². The molecule has 0 radical (unpaired) electrons. The van der Waals surface area contributed by atoms with Crippen molar-refractivity contribution >= 4 is 38.4 Å². The number of furan rings is 1. The van der Waals surface area contributed by atoms with Crippen LogP contribution in [-0.4, -0.2) is 12.3 Å². The van der Waals surface area contributed by atoms with Gasteiger partial charge in [-0.2, -0.15) is 0 Å². The van der Waals surface area contributed by atoms with Crippen LogP contribution in [0.1, 0.15) is 22.5 Å². The monoisotopic (exact) mass is 357 g/mol. The Kier molecular flexibility index (Phi) is 4.29. The van der Waals surface area contributed by atoms with Crippen LogP contribution in [0.5, 0.6) is 0 Å². The maximum atomic E-state index is 12.2. The van der Waals surface area contributed by atoms with E-state index in [9.17, 15) is 4.79 Å². The zero-order chi connectivity index (χ0) is 15.5. The maximum absolute atomic E-state index is 12.2. The van der Waals surface area contributed by atoms with E-state index in [0.717, 1.165) is 21.1 Å². The number of aryl methyl sites for hydroxylation is 1. The van der Waals surface area contributed by atoms with Crippen molar-refractivity contribution in [3.63, 3.8) is 0 Å². The van der Waals surface area contributed by atoms with Crippen LogP contribution in [-0.2, 0) is 0 Å². The molecular formula is C18H16BrNO2. The molecule has 4 heteroatoms. The minimum atomic E-state index is 0.00915. The Morgan fingerprint density at radius 3 is 2.77 bits per heavy atom. The fourth-order valence-corrected chi connectivity index (χ4v) is 2.64. The lowest BCUT2D eigenvalue weighted by molar-refractivity contribution is 0.0962. The Morgan fingerprint density at radius 1 is 1.18 bits per heavy atom. The van der Waals surface area contributed by atoms with Crippen LogP contribution in [0.15, 0.2) is 57.4 Å². The number of halogens is 1. The molecule has 3 rings (SSSR count). The molecule has 1 N–H and O–H groups in total. The normalized spacial score (nSPS) is 10.8. The van der Waals surface area contributed by atoms with E-state index >= 15 is 0 Å². The van der Waals surface area contributed by atoms with Crippen molar-refractivity contribution < 1.29 is 9.21 Å². The highest BCUT2D eigenvalue weighted by Crippen LogP contribution is 2.22. The minimum absolute atomic E-state index is 0.00915. The quantitative estimate of drug-likeness (QED) is 0.639. The van der Waals surface area contributed by atoms with Crippen molar-refractivity contribution in [1.29, 1.82) is 0 Å². The molecule has 2 aromatic carbocycles. The Labute approximate surface area is 137 Å². The molecule has 0 fully saturated rings. The van der Waals surface area contributed by atoms with Crippen LogP contribution in [0.25, 0.3) is 11.0 Å². The lowest BCUT2D eigenvalue weighted by atomic mass is 10.2. The van der Waals surface area contributed by atoms with Gasteiger partial charge in [0.15, 0.2) is 11.5 Å². The smallest absolute Gasteiger partial charge is 0.199 e. The Balaban J connectivity index is 1.61. The van der Waals surface area contributed by atoms with Crippen molar-refractivity contribution in [1.82, 2.24) is 0 Å². The summed E-state index contributed by atoms with van der Waals surface area (Å²) in [7, 11) is 0. The minimum Gasteiger partial charge on any atom is -0.453 e. The van der Waals surface area contributed by atoms with Gasteiger partial charge in [0.05, 0.1) is 0 Å². The van der Waals surface area contributed by atoms with Gasteiger partial charge in [0, 0.05) is 28.5 Å². The average molecular weight is 358 g/mol. The summed E-state index contributed by atoms with van der Waals surface area (Å²) in [4.78, 5) is 12.2. The highest BCUT2D eigenvalue weighted by atomic mass is 79.9. The number of carbonyl (C=O) groups excluding carboxylic acids is 1. The molecule has 3 aromatic rings. The van der Waals surface area contributed by atoms with E-state index < -0.39 is 0 Å². The second kappa shape index (κ2) is 6.36. The van der Waals surface area contributed by atoms with Gasteiger partial charge < -0.3 is 9.73 Å². The molecule has 0 aliphatic carbocycles. The van der Waals surface area contributed by atoms with Gasteiger partial charge in [-0.1, -0.05) is 40.2 Å². The van der Waals surface area contributed by atoms with Crippen LogP contribution in [0.4, 0.5) is 5.69 Å². The second-order valence-corrected chi connectivity index (χ2v) is 6.07. The first-order chi connectivity index (χ1) is 10.6. The first kappa shape index (κ1) is 14.9. The summed E-state index contributed by atoms with van der Waals surface area (Å²) in [5.41, 5.74) is 2.93. The van der Waals surface area contributed by atoms with Crippen LogP contribution >= 0.6 is 15.9 Å². The molecule has 0 aliphatic rings. The molecule has 0 saturated heterocycles. The van der Waals surface area contributed by atoms with Crippen molar-refractivity contribution in [3.8, 4) is 0 Å². The third-order valence-corrected chi connectivity index (χ3v) is 4.41. The number of Topliss-reactive ketones (excluding diaryl/α,β-unsaturated/α-hetero) is 1. The Morgan fingerprint density at radius 2 is 2.00 bits per heavy atom. The van der Waals surface area contributed by atoms with Crippen LogP contribution in [0.2, 0.25) is 0 Å². The number of ketones is 1. The van der Waals surface area contributed by atoms with Gasteiger partial charge in [-0.15, -0.1) is 0 Å². The van der Waals surface area contributed by atoms with Crippen molar-refractivity contribution in [3.05, 3.63) is 64.3 Å². The third kappa shape index (κ3) is 3.22. The number of hydrogen-bond acceptors (Lipinski definition) is 3. The average Bonchev–Trinajstić information content (AvgIpc) is 2.95. The molecule has 22 heavy (non-hydrogen) atoms. The summed E-state index contributed by atoms with van der Waals surface area (Å²) >= 11 is 3.50. The maximum Gasteiger partial charge on any atom is 0.199 e. The molecule has 1 aromatic heterocycles. The molecule has 0 spiro atoms. The van der Waals surface area contributed by atoms with Crippen molar-refractivity contribution in [2.75, 3.05) is 11.9 Å². The summed E-state index contributed by atoms with van der Waals surface area (Å²) in [6.07, 6.45) is 0.394.